The van der Waals surface area contributed by atoms with Crippen LogP contribution in [0.2, 0.25) is 0 Å². The second-order valence-corrected chi connectivity index (χ2v) is 12.1. The van der Waals surface area contributed by atoms with Crippen molar-refractivity contribution in [3.05, 3.63) is 36.0 Å². The highest BCUT2D eigenvalue weighted by Crippen LogP contribution is 2.18. The largest absolute Gasteiger partial charge is 0.465 e. The highest BCUT2D eigenvalue weighted by Gasteiger charge is 2.14. The van der Waals surface area contributed by atoms with Crippen LogP contribution in [0, 0.1) is 5.92 Å². The van der Waals surface area contributed by atoms with Crippen LogP contribution in [0.5, 0.6) is 0 Å². The maximum Gasteiger partial charge on any atom is 0.330 e. The van der Waals surface area contributed by atoms with E-state index >= 15 is 0 Å². The average molecular weight is 605 g/mol. The normalized spacial score (nSPS) is 12.8. The Balaban J connectivity index is 4.09. The molecule has 0 heterocycles. The zero-order chi connectivity index (χ0) is 31.6. The molecule has 0 rings (SSSR count). The maximum atomic E-state index is 12.5. The van der Waals surface area contributed by atoms with Gasteiger partial charge in [0.1, 0.15) is 0 Å². The molecule has 1 atom stereocenters. The zero-order valence-electron chi connectivity index (χ0n) is 28.4. The number of ether oxygens (including phenoxy) is 2. The maximum absolute atomic E-state index is 12.5. The minimum Gasteiger partial charge on any atom is -0.465 e. The van der Waals surface area contributed by atoms with E-state index in [-0.39, 0.29) is 31.8 Å². The summed E-state index contributed by atoms with van der Waals surface area (Å²) in [6, 6.07) is 0. The van der Waals surface area contributed by atoms with Gasteiger partial charge < -0.3 is 14.6 Å². The molecule has 5 nitrogen and oxygen atoms in total. The van der Waals surface area contributed by atoms with Crippen LogP contribution in [0.15, 0.2) is 36.0 Å². The molecule has 0 aliphatic heterocycles. The highest BCUT2D eigenvalue weighted by molar-refractivity contribution is 5.82. The van der Waals surface area contributed by atoms with Crippen LogP contribution in [0.25, 0.3) is 0 Å². The monoisotopic (exact) mass is 605 g/mol. The first-order valence-electron chi connectivity index (χ1n) is 18.0. The molecule has 0 saturated carbocycles. The Morgan fingerprint density at radius 1 is 0.581 bits per heavy atom. The third kappa shape index (κ3) is 29.9. The fourth-order valence-electron chi connectivity index (χ4n) is 4.93. The van der Waals surface area contributed by atoms with E-state index in [2.05, 4.69) is 45.1 Å². The number of allylic oxidation sites excluding steroid dienone is 5. The predicted molar refractivity (Wildman–Crippen MR) is 182 cm³/mol. The molecule has 0 aromatic carbocycles. The molecule has 0 fully saturated rings. The summed E-state index contributed by atoms with van der Waals surface area (Å²) in [5.74, 6) is -0.991. The first-order chi connectivity index (χ1) is 21.1. The van der Waals surface area contributed by atoms with E-state index in [1.807, 2.05) is 0 Å². The molecular weight excluding hydrogens is 536 g/mol. The Morgan fingerprint density at radius 2 is 1.05 bits per heavy atom. The Kier molecular flexibility index (Phi) is 31.6. The minimum absolute atomic E-state index is 0.0580. The number of hydrogen-bond donors (Lipinski definition) is 1. The van der Waals surface area contributed by atoms with Crippen molar-refractivity contribution < 1.29 is 24.2 Å². The molecule has 0 aromatic rings. The number of aliphatic hydroxyl groups excluding tert-OH is 1. The van der Waals surface area contributed by atoms with E-state index in [0.717, 1.165) is 57.8 Å². The topological polar surface area (TPSA) is 72.8 Å². The summed E-state index contributed by atoms with van der Waals surface area (Å²) >= 11 is 0. The van der Waals surface area contributed by atoms with Gasteiger partial charge in [0.25, 0.3) is 0 Å². The number of unbranched alkanes of at least 4 members (excludes halogenated alkanes) is 15. The molecule has 0 saturated heterocycles. The van der Waals surface area contributed by atoms with Crippen molar-refractivity contribution in [2.75, 3.05) is 19.8 Å². The number of esters is 2. The summed E-state index contributed by atoms with van der Waals surface area (Å²) in [4.78, 5) is 24.7. The van der Waals surface area contributed by atoms with Crippen LogP contribution in [0.3, 0.4) is 0 Å². The Bertz CT molecular complexity index is 724. The molecule has 0 bridgehead atoms. The van der Waals surface area contributed by atoms with E-state index < -0.39 is 5.92 Å². The Hall–Kier alpha value is -1.88. The lowest BCUT2D eigenvalue weighted by atomic mass is 10.00. The zero-order valence-corrected chi connectivity index (χ0v) is 28.4. The van der Waals surface area contributed by atoms with Gasteiger partial charge in [0, 0.05) is 12.5 Å². The molecule has 0 radical (unpaired) electrons. The van der Waals surface area contributed by atoms with E-state index in [1.54, 1.807) is 6.08 Å². The Morgan fingerprint density at radius 3 is 1.65 bits per heavy atom. The summed E-state index contributed by atoms with van der Waals surface area (Å²) < 4.78 is 10.8. The molecule has 250 valence electrons. The standard InChI is InChI=1S/C38H68O5/c1-4-7-10-13-14-15-16-17-18-19-20-21-22-24-27-30-37(40)42-33-36(32-39)34-43-38(41)31-35(28-25-12-9-6-3)29-26-23-11-8-5-2/h14-15,17-18,31,36,39H,4-13,16,19-30,32-34H2,1-3H3/b15-14-,18-17-,35-31+. The highest BCUT2D eigenvalue weighted by atomic mass is 16.5. The van der Waals surface area contributed by atoms with Gasteiger partial charge in [-0.05, 0) is 64.2 Å². The number of carbonyl (C=O) groups excluding carboxylic acids is 2. The van der Waals surface area contributed by atoms with Crippen LogP contribution in [-0.2, 0) is 19.1 Å². The smallest absolute Gasteiger partial charge is 0.330 e. The quantitative estimate of drug-likeness (QED) is 0.0369. The van der Waals surface area contributed by atoms with Crippen LogP contribution < -0.4 is 0 Å². The van der Waals surface area contributed by atoms with Crippen LogP contribution in [-0.4, -0.2) is 36.9 Å². The van der Waals surface area contributed by atoms with Gasteiger partial charge in [0.2, 0.25) is 0 Å². The van der Waals surface area contributed by atoms with Gasteiger partial charge >= 0.3 is 11.9 Å². The lowest BCUT2D eigenvalue weighted by molar-refractivity contribution is -0.147. The van der Waals surface area contributed by atoms with Gasteiger partial charge in [-0.1, -0.05) is 128 Å². The molecular formula is C38H68O5. The molecule has 0 amide bonds. The van der Waals surface area contributed by atoms with Crippen molar-refractivity contribution in [3.63, 3.8) is 0 Å². The number of carbonyl (C=O) groups is 2. The van der Waals surface area contributed by atoms with Crippen molar-refractivity contribution in [2.45, 2.75) is 168 Å². The first kappa shape index (κ1) is 41.1. The molecule has 0 aromatic heterocycles. The molecule has 0 aliphatic carbocycles. The van der Waals surface area contributed by atoms with Crippen molar-refractivity contribution >= 4 is 11.9 Å². The van der Waals surface area contributed by atoms with E-state index in [9.17, 15) is 14.7 Å². The number of rotatable bonds is 31. The summed E-state index contributed by atoms with van der Waals surface area (Å²) in [6.45, 7) is 6.60. The van der Waals surface area contributed by atoms with Crippen LogP contribution in [0.1, 0.15) is 168 Å². The molecule has 5 heteroatoms. The van der Waals surface area contributed by atoms with Gasteiger partial charge in [-0.3, -0.25) is 4.79 Å². The van der Waals surface area contributed by atoms with Crippen molar-refractivity contribution in [1.82, 2.24) is 0 Å². The Labute approximate surface area is 266 Å². The van der Waals surface area contributed by atoms with Crippen LogP contribution in [0.4, 0.5) is 0 Å². The first-order valence-corrected chi connectivity index (χ1v) is 18.0. The van der Waals surface area contributed by atoms with E-state index in [0.29, 0.717) is 6.42 Å². The average Bonchev–Trinajstić information content (AvgIpc) is 3.01. The second kappa shape index (κ2) is 33.0. The minimum atomic E-state index is -0.395. The lowest BCUT2D eigenvalue weighted by Crippen LogP contribution is -2.23. The fraction of sp³-hybridized carbons (Fsp3) is 0.789. The molecule has 43 heavy (non-hydrogen) atoms. The van der Waals surface area contributed by atoms with E-state index in [1.165, 1.54) is 89.0 Å². The summed E-state index contributed by atoms with van der Waals surface area (Å²) in [7, 11) is 0. The second-order valence-electron chi connectivity index (χ2n) is 12.1. The van der Waals surface area contributed by atoms with Crippen molar-refractivity contribution in [1.29, 1.82) is 0 Å². The number of hydrogen-bond acceptors (Lipinski definition) is 5. The van der Waals surface area contributed by atoms with Gasteiger partial charge in [-0.2, -0.15) is 0 Å². The van der Waals surface area contributed by atoms with E-state index in [4.69, 9.17) is 9.47 Å². The summed E-state index contributed by atoms with van der Waals surface area (Å²) in [5, 5.41) is 9.70. The summed E-state index contributed by atoms with van der Waals surface area (Å²) in [5.41, 5.74) is 1.17. The molecule has 1 N–H and O–H groups in total. The summed E-state index contributed by atoms with van der Waals surface area (Å²) in [6.07, 6.45) is 36.4. The molecule has 1 unspecified atom stereocenters. The van der Waals surface area contributed by atoms with Gasteiger partial charge in [0.15, 0.2) is 0 Å². The molecule has 0 spiro atoms. The third-order valence-corrected chi connectivity index (χ3v) is 7.81. The van der Waals surface area contributed by atoms with Gasteiger partial charge in [-0.25, -0.2) is 4.79 Å². The number of aliphatic hydroxyl groups is 1. The van der Waals surface area contributed by atoms with Crippen molar-refractivity contribution in [2.24, 2.45) is 5.92 Å². The van der Waals surface area contributed by atoms with Gasteiger partial charge in [-0.15, -0.1) is 0 Å². The van der Waals surface area contributed by atoms with Crippen LogP contribution >= 0.6 is 0 Å². The predicted octanol–water partition coefficient (Wildman–Crippen LogP) is 10.8. The van der Waals surface area contributed by atoms with Gasteiger partial charge in [0.05, 0.1) is 25.7 Å². The lowest BCUT2D eigenvalue weighted by Gasteiger charge is -2.15. The SMILES string of the molecule is CCCCC/C=C\C/C=C\CCCCCCCC(=O)OCC(CO)COC(=O)/C=C(\CCCCCC)CCCCCCC. The van der Waals surface area contributed by atoms with Crippen molar-refractivity contribution in [3.8, 4) is 0 Å². The molecule has 0 aliphatic rings. The fourth-order valence-corrected chi connectivity index (χ4v) is 4.93. The third-order valence-electron chi connectivity index (χ3n) is 7.81.